The molecule has 3 amide bonds. The Bertz CT molecular complexity index is 1180. The Balaban J connectivity index is 0.000000231. The molecule has 2 spiro atoms. The molecule has 0 atom stereocenters. The summed E-state index contributed by atoms with van der Waals surface area (Å²) < 4.78 is 0. The minimum atomic E-state index is -1.67. The van der Waals surface area contributed by atoms with Crippen LogP contribution in [-0.4, -0.2) is 105 Å². The summed E-state index contributed by atoms with van der Waals surface area (Å²) in [4.78, 5) is 50.2. The summed E-state index contributed by atoms with van der Waals surface area (Å²) in [5.41, 5.74) is 6.20. The summed E-state index contributed by atoms with van der Waals surface area (Å²) in [6, 6.07) is 6.64. The topological polar surface area (TPSA) is 176 Å². The van der Waals surface area contributed by atoms with E-state index in [1.54, 1.807) is 35.5 Å². The first-order chi connectivity index (χ1) is 19.6. The molecule has 4 aliphatic rings. The van der Waals surface area contributed by atoms with Gasteiger partial charge in [0, 0.05) is 30.6 Å². The third-order valence-electron chi connectivity index (χ3n) is 8.49. The molecule has 1 saturated carbocycles. The number of amidine groups is 1. The zero-order valence-electron chi connectivity index (χ0n) is 23.7. The number of likely N-dealkylation sites (tertiary alicyclic amines) is 1. The predicted octanol–water partition coefficient (Wildman–Crippen LogP) is 1.49. The number of carbonyl (C=O) groups is 3. The van der Waals surface area contributed by atoms with E-state index < -0.39 is 11.8 Å². The summed E-state index contributed by atoms with van der Waals surface area (Å²) in [6.07, 6.45) is 9.13. The van der Waals surface area contributed by atoms with Gasteiger partial charge in [0.1, 0.15) is 5.84 Å². The lowest BCUT2D eigenvalue weighted by Gasteiger charge is -2.39. The summed E-state index contributed by atoms with van der Waals surface area (Å²) in [5.74, 6) is -0.276. The van der Waals surface area contributed by atoms with Crippen LogP contribution in [0.2, 0.25) is 0 Å². The fraction of sp³-hybridized carbons (Fsp3) is 0.586. The molecule has 5 N–H and O–H groups in total. The van der Waals surface area contributed by atoms with Crippen molar-refractivity contribution in [2.45, 2.75) is 82.1 Å². The van der Waals surface area contributed by atoms with Gasteiger partial charge in [0.2, 0.25) is 11.8 Å². The van der Waals surface area contributed by atoms with E-state index in [2.05, 4.69) is 9.98 Å². The molecule has 0 bridgehead atoms. The molecule has 3 heterocycles. The average molecular weight is 568 g/mol. The summed E-state index contributed by atoms with van der Waals surface area (Å²) >= 11 is 0. The van der Waals surface area contributed by atoms with Gasteiger partial charge in [0.05, 0.1) is 43.3 Å². The lowest BCUT2D eigenvalue weighted by molar-refractivity contribution is -0.136. The van der Waals surface area contributed by atoms with E-state index in [4.69, 9.17) is 21.4 Å². The zero-order chi connectivity index (χ0) is 29.6. The molecule has 1 aliphatic carbocycles. The summed E-state index contributed by atoms with van der Waals surface area (Å²) in [7, 11) is 0. The number of aliphatic hydroxyl groups is 2. The second kappa shape index (κ2) is 12.9. The van der Waals surface area contributed by atoms with E-state index in [1.807, 2.05) is 11.8 Å². The molecular weight excluding hydrogens is 526 g/mol. The fourth-order valence-electron chi connectivity index (χ4n) is 6.00. The van der Waals surface area contributed by atoms with Gasteiger partial charge in [-0.2, -0.15) is 0 Å². The van der Waals surface area contributed by atoms with Crippen molar-refractivity contribution < 1.29 is 24.6 Å². The monoisotopic (exact) mass is 567 g/mol. The molecule has 1 aromatic rings. The van der Waals surface area contributed by atoms with Crippen LogP contribution in [0.4, 0.5) is 0 Å². The third-order valence-corrected chi connectivity index (χ3v) is 8.49. The standard InChI is InChI=1S/C18H23N5O4.C11H18N2O/c19-16(20)12-1-3-13(4-2-12)17(27)22-7-5-18(6-8-22)10-23(11-21-18)14(24)9-15(25)26;1-2-10(14)13-9-12-8-11(13)6-4-3-5-7-11/h1-4,11,15,25-26H,5-10H2,(H3,19,20);9H,2-8H2,1H3. The van der Waals surface area contributed by atoms with Crippen molar-refractivity contribution in [2.24, 2.45) is 15.7 Å². The maximum absolute atomic E-state index is 12.7. The second-order valence-corrected chi connectivity index (χ2v) is 11.3. The molecule has 3 aliphatic heterocycles. The van der Waals surface area contributed by atoms with Gasteiger partial charge in [-0.3, -0.25) is 34.7 Å². The van der Waals surface area contributed by atoms with Crippen molar-refractivity contribution in [3.8, 4) is 0 Å². The van der Waals surface area contributed by atoms with E-state index in [9.17, 15) is 14.4 Å². The van der Waals surface area contributed by atoms with Gasteiger partial charge in [-0.25, -0.2) is 0 Å². The lowest BCUT2D eigenvalue weighted by atomic mass is 9.81. The van der Waals surface area contributed by atoms with Crippen LogP contribution in [0.1, 0.15) is 80.6 Å². The molecule has 1 saturated heterocycles. The van der Waals surface area contributed by atoms with Crippen LogP contribution < -0.4 is 5.73 Å². The molecular formula is C29H41N7O5. The van der Waals surface area contributed by atoms with Crippen molar-refractivity contribution in [3.63, 3.8) is 0 Å². The van der Waals surface area contributed by atoms with Crippen LogP contribution in [0.25, 0.3) is 0 Å². The third kappa shape index (κ3) is 6.99. The Morgan fingerprint density at radius 3 is 2.20 bits per heavy atom. The molecule has 12 nitrogen and oxygen atoms in total. The molecule has 222 valence electrons. The number of nitrogens with two attached hydrogens (primary N) is 1. The first-order valence-corrected chi connectivity index (χ1v) is 14.3. The van der Waals surface area contributed by atoms with Crippen LogP contribution in [0.5, 0.6) is 0 Å². The SMILES string of the molecule is CCC(=O)N1C=NCC12CCCCC2.N=C(N)c1ccc(C(=O)N2CCC3(CC2)CN(C(=O)CC(O)O)C=N3)cc1. The Morgan fingerprint density at radius 2 is 1.61 bits per heavy atom. The van der Waals surface area contributed by atoms with Crippen LogP contribution in [0, 0.1) is 5.41 Å². The molecule has 12 heteroatoms. The van der Waals surface area contributed by atoms with Crippen molar-refractivity contribution >= 4 is 36.2 Å². The van der Waals surface area contributed by atoms with Crippen molar-refractivity contribution in [3.05, 3.63) is 35.4 Å². The number of nitrogens with one attached hydrogen (secondary N) is 1. The van der Waals surface area contributed by atoms with Gasteiger partial charge in [0.15, 0.2) is 6.29 Å². The van der Waals surface area contributed by atoms with Gasteiger partial charge in [-0.05, 0) is 37.8 Å². The van der Waals surface area contributed by atoms with Crippen molar-refractivity contribution in [1.29, 1.82) is 5.41 Å². The van der Waals surface area contributed by atoms with Gasteiger partial charge < -0.3 is 25.7 Å². The van der Waals surface area contributed by atoms with Crippen molar-refractivity contribution in [2.75, 3.05) is 26.2 Å². The molecule has 41 heavy (non-hydrogen) atoms. The quantitative estimate of drug-likeness (QED) is 0.238. The van der Waals surface area contributed by atoms with Crippen LogP contribution in [0.3, 0.4) is 0 Å². The highest BCUT2D eigenvalue weighted by Crippen LogP contribution is 2.36. The van der Waals surface area contributed by atoms with Gasteiger partial charge in [-0.1, -0.05) is 38.3 Å². The predicted molar refractivity (Wildman–Crippen MR) is 155 cm³/mol. The number of benzene rings is 1. The minimum Gasteiger partial charge on any atom is -0.384 e. The van der Waals surface area contributed by atoms with Crippen LogP contribution >= 0.6 is 0 Å². The summed E-state index contributed by atoms with van der Waals surface area (Å²) in [5, 5.41) is 25.3. The normalized spacial score (nSPS) is 20.4. The number of piperidine rings is 1. The Morgan fingerprint density at radius 1 is 0.976 bits per heavy atom. The Labute approximate surface area is 240 Å². The van der Waals surface area contributed by atoms with E-state index >= 15 is 0 Å². The molecule has 0 radical (unpaired) electrons. The maximum Gasteiger partial charge on any atom is 0.253 e. The molecule has 0 aromatic heterocycles. The smallest absolute Gasteiger partial charge is 0.253 e. The van der Waals surface area contributed by atoms with E-state index in [-0.39, 0.29) is 35.5 Å². The van der Waals surface area contributed by atoms with Crippen LogP contribution in [-0.2, 0) is 9.59 Å². The highest BCUT2D eigenvalue weighted by Gasteiger charge is 2.42. The zero-order valence-corrected chi connectivity index (χ0v) is 23.7. The number of hydrogen-bond acceptors (Lipinski definition) is 8. The minimum absolute atomic E-state index is 0.0409. The van der Waals surface area contributed by atoms with Gasteiger partial charge in [-0.15, -0.1) is 0 Å². The number of rotatable bonds is 5. The van der Waals surface area contributed by atoms with Gasteiger partial charge in [0.25, 0.3) is 5.91 Å². The van der Waals surface area contributed by atoms with E-state index in [0.717, 1.165) is 19.4 Å². The van der Waals surface area contributed by atoms with Crippen LogP contribution in [0.15, 0.2) is 34.3 Å². The highest BCUT2D eigenvalue weighted by atomic mass is 16.5. The first-order valence-electron chi connectivity index (χ1n) is 14.3. The van der Waals surface area contributed by atoms with Crippen molar-refractivity contribution in [1.82, 2.24) is 14.7 Å². The van der Waals surface area contributed by atoms with E-state index in [0.29, 0.717) is 50.0 Å². The maximum atomic E-state index is 12.7. The second-order valence-electron chi connectivity index (χ2n) is 11.3. The largest absolute Gasteiger partial charge is 0.384 e. The lowest BCUT2D eigenvalue weighted by Crippen LogP contribution is -2.50. The molecule has 1 aromatic carbocycles. The number of nitrogens with zero attached hydrogens (tertiary/aromatic N) is 5. The Kier molecular flexibility index (Phi) is 9.54. The molecule has 2 fully saturated rings. The molecule has 5 rings (SSSR count). The van der Waals surface area contributed by atoms with E-state index in [1.165, 1.54) is 30.5 Å². The number of aliphatic hydroxyl groups excluding tert-OH is 1. The number of carbonyl (C=O) groups excluding carboxylic acids is 3. The summed E-state index contributed by atoms with van der Waals surface area (Å²) in [6.45, 7) is 4.20. The Hall–Kier alpha value is -3.64. The number of aliphatic imine (C=N–C) groups is 2. The molecule has 0 unspecified atom stereocenters. The first kappa shape index (κ1) is 30.3. The average Bonchev–Trinajstić information content (AvgIpc) is 3.57. The fourth-order valence-corrected chi connectivity index (χ4v) is 6.00. The number of nitrogen functional groups attached to an aromatic ring is 1. The number of amides is 3. The number of hydrogen-bond donors (Lipinski definition) is 4. The van der Waals surface area contributed by atoms with Gasteiger partial charge >= 0.3 is 0 Å². The highest BCUT2D eigenvalue weighted by molar-refractivity contribution is 5.98.